The Morgan fingerprint density at radius 3 is 2.18 bits per heavy atom. The highest BCUT2D eigenvalue weighted by Crippen LogP contribution is 2.04. The van der Waals surface area contributed by atoms with E-state index in [0.29, 0.717) is 31.7 Å². The summed E-state index contributed by atoms with van der Waals surface area (Å²) in [5.41, 5.74) is 0. The highest BCUT2D eigenvalue weighted by atomic mass is 32.2. The maximum absolute atomic E-state index is 11.5. The van der Waals surface area contributed by atoms with Crippen molar-refractivity contribution in [3.05, 3.63) is 0 Å². The largest absolute Gasteiger partial charge is 0.356 e. The zero-order chi connectivity index (χ0) is 16.6. The number of carbonyl (C=O) groups is 3. The van der Waals surface area contributed by atoms with Crippen molar-refractivity contribution < 1.29 is 14.4 Å². The van der Waals surface area contributed by atoms with Crippen molar-refractivity contribution in [1.82, 2.24) is 16.0 Å². The zero-order valence-corrected chi connectivity index (χ0v) is 14.5. The second kappa shape index (κ2) is 14.7. The normalized spacial score (nSPS) is 10.1. The molecule has 0 aliphatic carbocycles. The van der Waals surface area contributed by atoms with Crippen LogP contribution in [-0.4, -0.2) is 48.9 Å². The molecule has 0 saturated carbocycles. The van der Waals surface area contributed by atoms with Gasteiger partial charge < -0.3 is 16.0 Å². The number of amides is 3. The Bertz CT molecular complexity index is 338. The summed E-state index contributed by atoms with van der Waals surface area (Å²) >= 11 is 1.51. The smallest absolute Gasteiger partial charge is 0.230 e. The molecule has 3 N–H and O–H groups in total. The highest BCUT2D eigenvalue weighted by molar-refractivity contribution is 7.99. The van der Waals surface area contributed by atoms with Gasteiger partial charge in [-0.2, -0.15) is 11.8 Å². The summed E-state index contributed by atoms with van der Waals surface area (Å²) in [5, 5.41) is 8.25. The van der Waals surface area contributed by atoms with Crippen LogP contribution in [0.5, 0.6) is 0 Å². The Balaban J connectivity index is 3.41. The molecule has 0 atom stereocenters. The standard InChI is InChI=1S/C15H29N3O3S/c1-3-5-9-17-13(19)7-6-11-22-12-15(21)18-10-8-14(20)16-4-2/h3-12H2,1-2H3,(H,16,20)(H,17,19)(H,18,21). The number of rotatable bonds is 13. The van der Waals surface area contributed by atoms with Crippen molar-refractivity contribution in [2.75, 3.05) is 31.1 Å². The number of unbranched alkanes of at least 4 members (excludes halogenated alkanes) is 1. The lowest BCUT2D eigenvalue weighted by atomic mass is 10.3. The van der Waals surface area contributed by atoms with Crippen molar-refractivity contribution >= 4 is 29.5 Å². The molecule has 128 valence electrons. The molecule has 0 spiro atoms. The van der Waals surface area contributed by atoms with E-state index in [9.17, 15) is 14.4 Å². The predicted molar refractivity (Wildman–Crippen MR) is 90.8 cm³/mol. The number of hydrogen-bond acceptors (Lipinski definition) is 4. The molecule has 0 bridgehead atoms. The molecular formula is C15H29N3O3S. The van der Waals surface area contributed by atoms with E-state index in [1.54, 1.807) is 0 Å². The first kappa shape index (κ1) is 20.8. The summed E-state index contributed by atoms with van der Waals surface area (Å²) in [5.74, 6) is 1.12. The summed E-state index contributed by atoms with van der Waals surface area (Å²) in [4.78, 5) is 34.1. The van der Waals surface area contributed by atoms with Crippen molar-refractivity contribution in [2.45, 2.75) is 46.0 Å². The second-order valence-corrected chi connectivity index (χ2v) is 6.02. The van der Waals surface area contributed by atoms with E-state index < -0.39 is 0 Å². The summed E-state index contributed by atoms with van der Waals surface area (Å²) < 4.78 is 0. The van der Waals surface area contributed by atoms with Gasteiger partial charge in [-0.1, -0.05) is 13.3 Å². The van der Waals surface area contributed by atoms with Gasteiger partial charge in [-0.15, -0.1) is 0 Å². The summed E-state index contributed by atoms with van der Waals surface area (Å²) in [6, 6.07) is 0. The van der Waals surface area contributed by atoms with Crippen molar-refractivity contribution in [3.63, 3.8) is 0 Å². The fraction of sp³-hybridized carbons (Fsp3) is 0.800. The van der Waals surface area contributed by atoms with Crippen LogP contribution in [0.1, 0.15) is 46.0 Å². The van der Waals surface area contributed by atoms with Crippen molar-refractivity contribution in [1.29, 1.82) is 0 Å². The maximum Gasteiger partial charge on any atom is 0.230 e. The minimum absolute atomic E-state index is 0.0514. The fourth-order valence-electron chi connectivity index (χ4n) is 1.64. The summed E-state index contributed by atoms with van der Waals surface area (Å²) in [7, 11) is 0. The second-order valence-electron chi connectivity index (χ2n) is 4.91. The van der Waals surface area contributed by atoms with Crippen LogP contribution in [0.25, 0.3) is 0 Å². The molecule has 0 rings (SSSR count). The molecule has 0 aliphatic rings. The van der Waals surface area contributed by atoms with Gasteiger partial charge in [0, 0.05) is 32.5 Å². The van der Waals surface area contributed by atoms with Gasteiger partial charge in [0.2, 0.25) is 17.7 Å². The van der Waals surface area contributed by atoms with Crippen LogP contribution < -0.4 is 16.0 Å². The van der Waals surface area contributed by atoms with Crippen LogP contribution in [0.3, 0.4) is 0 Å². The van der Waals surface area contributed by atoms with Gasteiger partial charge in [-0.25, -0.2) is 0 Å². The molecule has 6 nitrogen and oxygen atoms in total. The average molecular weight is 331 g/mol. The SMILES string of the molecule is CCCCNC(=O)CCCSCC(=O)NCCC(=O)NCC. The van der Waals surface area contributed by atoms with Crippen molar-refractivity contribution in [2.24, 2.45) is 0 Å². The molecule has 3 amide bonds. The Labute approximate surface area is 137 Å². The molecule has 0 radical (unpaired) electrons. The lowest BCUT2D eigenvalue weighted by Gasteiger charge is -2.06. The molecule has 0 saturated heterocycles. The van der Waals surface area contributed by atoms with Gasteiger partial charge in [-0.3, -0.25) is 14.4 Å². The van der Waals surface area contributed by atoms with E-state index in [1.807, 2.05) is 6.92 Å². The zero-order valence-electron chi connectivity index (χ0n) is 13.7. The van der Waals surface area contributed by atoms with Gasteiger partial charge in [0.1, 0.15) is 0 Å². The Morgan fingerprint density at radius 1 is 0.818 bits per heavy atom. The Morgan fingerprint density at radius 2 is 1.50 bits per heavy atom. The summed E-state index contributed by atoms with van der Waals surface area (Å²) in [6.45, 7) is 5.66. The lowest BCUT2D eigenvalue weighted by molar-refractivity contribution is -0.122. The molecule has 0 aromatic rings. The Kier molecular flexibility index (Phi) is 13.9. The predicted octanol–water partition coefficient (Wildman–Crippen LogP) is 1.06. The average Bonchev–Trinajstić information content (AvgIpc) is 2.47. The molecule has 7 heteroatoms. The first-order valence-corrected chi connectivity index (χ1v) is 9.13. The van der Waals surface area contributed by atoms with Crippen LogP contribution in [-0.2, 0) is 14.4 Å². The number of nitrogens with one attached hydrogen (secondary N) is 3. The van der Waals surface area contributed by atoms with Gasteiger partial charge in [0.15, 0.2) is 0 Å². The minimum atomic E-state index is -0.0679. The quantitative estimate of drug-likeness (QED) is 0.440. The molecule has 0 aromatic heterocycles. The van der Waals surface area contributed by atoms with Gasteiger partial charge in [-0.05, 0) is 25.5 Å². The van der Waals surface area contributed by atoms with Gasteiger partial charge in [0.25, 0.3) is 0 Å². The van der Waals surface area contributed by atoms with Gasteiger partial charge in [0.05, 0.1) is 5.75 Å². The number of carbonyl (C=O) groups excluding carboxylic acids is 3. The maximum atomic E-state index is 11.5. The van der Waals surface area contributed by atoms with Crippen LogP contribution in [0.2, 0.25) is 0 Å². The highest BCUT2D eigenvalue weighted by Gasteiger charge is 2.04. The van der Waals surface area contributed by atoms with E-state index in [2.05, 4.69) is 22.9 Å². The van der Waals surface area contributed by atoms with Crippen LogP contribution in [0.15, 0.2) is 0 Å². The van der Waals surface area contributed by atoms with E-state index in [-0.39, 0.29) is 17.7 Å². The third-order valence-electron chi connectivity index (χ3n) is 2.83. The molecule has 0 unspecified atom stereocenters. The number of thioether (sulfide) groups is 1. The Hall–Kier alpha value is -1.24. The van der Waals surface area contributed by atoms with E-state index >= 15 is 0 Å². The van der Waals surface area contributed by atoms with Crippen LogP contribution >= 0.6 is 11.8 Å². The first-order chi connectivity index (χ1) is 10.6. The third kappa shape index (κ3) is 13.7. The monoisotopic (exact) mass is 331 g/mol. The van der Waals surface area contributed by atoms with E-state index in [1.165, 1.54) is 11.8 Å². The molecule has 0 fully saturated rings. The minimum Gasteiger partial charge on any atom is -0.356 e. The molecule has 0 heterocycles. The van der Waals surface area contributed by atoms with E-state index in [4.69, 9.17) is 0 Å². The molecular weight excluding hydrogens is 302 g/mol. The van der Waals surface area contributed by atoms with Crippen molar-refractivity contribution in [3.8, 4) is 0 Å². The lowest BCUT2D eigenvalue weighted by Crippen LogP contribution is -2.31. The third-order valence-corrected chi connectivity index (χ3v) is 3.87. The van der Waals surface area contributed by atoms with Crippen LogP contribution in [0.4, 0.5) is 0 Å². The van der Waals surface area contributed by atoms with E-state index in [0.717, 1.165) is 31.6 Å². The molecule has 22 heavy (non-hydrogen) atoms. The first-order valence-electron chi connectivity index (χ1n) is 7.98. The molecule has 0 aliphatic heterocycles. The summed E-state index contributed by atoms with van der Waals surface area (Å²) in [6.07, 6.45) is 3.68. The number of hydrogen-bond donors (Lipinski definition) is 3. The fourth-order valence-corrected chi connectivity index (χ4v) is 2.42. The molecule has 0 aromatic carbocycles. The topological polar surface area (TPSA) is 87.3 Å². The van der Waals surface area contributed by atoms with Gasteiger partial charge >= 0.3 is 0 Å². The van der Waals surface area contributed by atoms with Crippen LogP contribution in [0, 0.1) is 0 Å².